The number of carbonyl (C=O) groups is 1. The van der Waals surface area contributed by atoms with E-state index in [0.29, 0.717) is 48.6 Å². The molecule has 3 aromatic rings. The predicted molar refractivity (Wildman–Crippen MR) is 147 cm³/mol. The number of rotatable bonds is 2. The fraction of sp³-hybridized carbons (Fsp3) is 0.370. The number of ether oxygens (including phenoxy) is 2. The zero-order chi connectivity index (χ0) is 28.2. The van der Waals surface area contributed by atoms with Gasteiger partial charge in [0.1, 0.15) is 22.9 Å². The molecule has 39 heavy (non-hydrogen) atoms. The van der Waals surface area contributed by atoms with Crippen molar-refractivity contribution in [3.05, 3.63) is 59.8 Å². The Balaban J connectivity index is 1.69. The first-order chi connectivity index (χ1) is 18.4. The van der Waals surface area contributed by atoms with Gasteiger partial charge in [-0.05, 0) is 69.5 Å². The molecule has 1 aliphatic rings. The molecule has 2 aromatic carbocycles. The molecule has 1 unspecified atom stereocenters. The van der Waals surface area contributed by atoms with Gasteiger partial charge in [-0.1, -0.05) is 0 Å². The van der Waals surface area contributed by atoms with Gasteiger partial charge in [-0.3, -0.25) is 0 Å². The van der Waals surface area contributed by atoms with E-state index in [4.69, 9.17) is 9.47 Å². The summed E-state index contributed by atoms with van der Waals surface area (Å²) in [6.07, 6.45) is 2.89. The van der Waals surface area contributed by atoms with Crippen LogP contribution in [0.5, 0.6) is 5.75 Å². The minimum Gasteiger partial charge on any atom is -0.494 e. The lowest BCUT2D eigenvalue weighted by Gasteiger charge is -2.18. The fourth-order valence-electron chi connectivity index (χ4n) is 3.89. The van der Waals surface area contributed by atoms with Crippen molar-refractivity contribution in [1.29, 1.82) is 0 Å². The van der Waals surface area contributed by atoms with E-state index in [0.717, 1.165) is 6.20 Å². The van der Waals surface area contributed by atoms with Gasteiger partial charge in [0.2, 0.25) is 5.95 Å². The lowest BCUT2D eigenvalue weighted by molar-refractivity contribution is 0.0607. The Morgan fingerprint density at radius 3 is 2.72 bits per heavy atom. The van der Waals surface area contributed by atoms with Crippen LogP contribution in [0.15, 0.2) is 47.0 Å². The molecule has 208 valence electrons. The number of fused-ring (bicyclic) bond motifs is 7. The van der Waals surface area contributed by atoms with Crippen LogP contribution in [-0.4, -0.2) is 45.3 Å². The third-order valence-electron chi connectivity index (χ3n) is 5.46. The molecule has 6 bridgehead atoms. The lowest BCUT2D eigenvalue weighted by Crippen LogP contribution is -2.22. The normalized spacial score (nSPS) is 15.1. The second-order valence-corrected chi connectivity index (χ2v) is 12.6. The Kier molecular flexibility index (Phi) is 8.34. The topological polar surface area (TPSA) is 115 Å². The van der Waals surface area contributed by atoms with Gasteiger partial charge in [-0.25, -0.2) is 27.8 Å². The van der Waals surface area contributed by atoms with Gasteiger partial charge >= 0.3 is 6.09 Å². The molecule has 0 saturated heterocycles. The highest BCUT2D eigenvalue weighted by Crippen LogP contribution is 2.29. The Morgan fingerprint density at radius 1 is 1.15 bits per heavy atom. The van der Waals surface area contributed by atoms with Gasteiger partial charge in [-0.2, -0.15) is 0 Å². The number of amides is 1. The maximum Gasteiger partial charge on any atom is 0.442 e. The van der Waals surface area contributed by atoms with Gasteiger partial charge in [-0.15, -0.1) is 4.36 Å². The Hall–Kier alpha value is -3.80. The number of carbonyl (C=O) groups excluding carboxylic acids is 1. The van der Waals surface area contributed by atoms with Crippen molar-refractivity contribution in [2.24, 2.45) is 4.36 Å². The van der Waals surface area contributed by atoms with E-state index in [9.17, 15) is 17.8 Å². The summed E-state index contributed by atoms with van der Waals surface area (Å²) in [5, 5.41) is 6.08. The van der Waals surface area contributed by atoms with Crippen molar-refractivity contribution in [2.75, 3.05) is 30.0 Å². The van der Waals surface area contributed by atoms with Crippen LogP contribution in [-0.2, 0) is 20.2 Å². The van der Waals surface area contributed by atoms with Crippen LogP contribution in [0.2, 0.25) is 0 Å². The van der Waals surface area contributed by atoms with Gasteiger partial charge in [0.05, 0.1) is 34.0 Å². The van der Waals surface area contributed by atoms with Crippen molar-refractivity contribution in [3.63, 3.8) is 0 Å². The van der Waals surface area contributed by atoms with Crippen molar-refractivity contribution < 1.29 is 27.3 Å². The second kappa shape index (κ2) is 11.5. The standard InChI is InChI=1S/C27H31F2N5O4S/c1-27(2,3)38-26(35)34-39(4,36)16-17-11-19-14-20(12-17)37-10-6-5-9-30-23-13-18(7-8-21(23)28)24-22(29)15-31-25(32-19)33-24/h7-8,11-15,30H,5-6,9-10,16H2,1-4H3,(H,31,32,33). The molecule has 12 heteroatoms. The van der Waals surface area contributed by atoms with E-state index < -0.39 is 33.1 Å². The summed E-state index contributed by atoms with van der Waals surface area (Å²) in [5.74, 6) is -0.573. The summed E-state index contributed by atoms with van der Waals surface area (Å²) < 4.78 is 57.1. The minimum atomic E-state index is -2.99. The largest absolute Gasteiger partial charge is 0.494 e. The Bertz CT molecular complexity index is 1500. The second-order valence-electron chi connectivity index (χ2n) is 10.2. The molecule has 2 N–H and O–H groups in total. The molecule has 0 aliphatic carbocycles. The third-order valence-corrected chi connectivity index (χ3v) is 6.86. The van der Waals surface area contributed by atoms with Crippen LogP contribution >= 0.6 is 0 Å². The van der Waals surface area contributed by atoms with E-state index in [1.807, 2.05) is 0 Å². The lowest BCUT2D eigenvalue weighted by atomic mass is 10.1. The third kappa shape index (κ3) is 8.09. The molecule has 0 saturated carbocycles. The summed E-state index contributed by atoms with van der Waals surface area (Å²) >= 11 is 0. The molecule has 4 rings (SSSR count). The van der Waals surface area contributed by atoms with Crippen LogP contribution in [0.25, 0.3) is 11.3 Å². The SMILES string of the molecule is CC(C)(C)OC(=O)N=S(C)(=O)Cc1cc2cc(c1)OCCCCNc1cc(ccc1F)-c1nc(ncc1F)N2. The summed E-state index contributed by atoms with van der Waals surface area (Å²) in [6.45, 7) is 5.97. The number of halogens is 2. The van der Waals surface area contributed by atoms with Crippen LogP contribution in [0.4, 0.5) is 30.9 Å². The Labute approximate surface area is 226 Å². The van der Waals surface area contributed by atoms with Crippen LogP contribution in [0, 0.1) is 11.6 Å². The minimum absolute atomic E-state index is 0.00279. The first-order valence-electron chi connectivity index (χ1n) is 12.4. The van der Waals surface area contributed by atoms with Gasteiger partial charge in [0.25, 0.3) is 0 Å². The summed E-state index contributed by atoms with van der Waals surface area (Å²) in [4.78, 5) is 20.5. The summed E-state index contributed by atoms with van der Waals surface area (Å²) in [5.41, 5.74) is 0.969. The van der Waals surface area contributed by atoms with Crippen molar-refractivity contribution >= 4 is 33.1 Å². The summed E-state index contributed by atoms with van der Waals surface area (Å²) in [7, 11) is -2.99. The number of anilines is 3. The Morgan fingerprint density at radius 2 is 1.95 bits per heavy atom. The number of nitrogens with one attached hydrogen (secondary N) is 2. The monoisotopic (exact) mass is 559 g/mol. The zero-order valence-corrected chi connectivity index (χ0v) is 23.0. The highest BCUT2D eigenvalue weighted by atomic mass is 32.2. The van der Waals surface area contributed by atoms with Crippen molar-refractivity contribution in [3.8, 4) is 17.0 Å². The zero-order valence-electron chi connectivity index (χ0n) is 22.2. The highest BCUT2D eigenvalue weighted by Gasteiger charge is 2.18. The number of benzene rings is 2. The van der Waals surface area contributed by atoms with E-state index in [2.05, 4.69) is 25.0 Å². The molecule has 0 fully saturated rings. The van der Waals surface area contributed by atoms with E-state index in [1.54, 1.807) is 39.0 Å². The van der Waals surface area contributed by atoms with E-state index in [1.165, 1.54) is 24.5 Å². The maximum absolute atomic E-state index is 14.7. The molecule has 1 atom stereocenters. The van der Waals surface area contributed by atoms with Crippen molar-refractivity contribution in [1.82, 2.24) is 9.97 Å². The van der Waals surface area contributed by atoms with Crippen LogP contribution < -0.4 is 15.4 Å². The smallest absolute Gasteiger partial charge is 0.442 e. The van der Waals surface area contributed by atoms with E-state index in [-0.39, 0.29) is 23.1 Å². The molecule has 0 radical (unpaired) electrons. The van der Waals surface area contributed by atoms with Crippen LogP contribution in [0.1, 0.15) is 39.2 Å². The van der Waals surface area contributed by atoms with Crippen LogP contribution in [0.3, 0.4) is 0 Å². The highest BCUT2D eigenvalue weighted by molar-refractivity contribution is 7.92. The number of aromatic nitrogens is 2. The summed E-state index contributed by atoms with van der Waals surface area (Å²) in [6, 6.07) is 9.37. The quantitative estimate of drug-likeness (QED) is 0.377. The first kappa shape index (κ1) is 28.2. The average molecular weight is 560 g/mol. The van der Waals surface area contributed by atoms with Gasteiger partial charge in [0.15, 0.2) is 5.82 Å². The molecule has 2 heterocycles. The fourth-order valence-corrected chi connectivity index (χ4v) is 5.09. The first-order valence-corrected chi connectivity index (χ1v) is 14.5. The van der Waals surface area contributed by atoms with Gasteiger partial charge < -0.3 is 20.1 Å². The number of hydrogen-bond donors (Lipinski definition) is 2. The maximum atomic E-state index is 14.7. The molecule has 0 spiro atoms. The molecule has 1 aromatic heterocycles. The van der Waals surface area contributed by atoms with Gasteiger partial charge in [0, 0.05) is 30.1 Å². The molecule has 1 amide bonds. The predicted octanol–water partition coefficient (Wildman–Crippen LogP) is 6.28. The van der Waals surface area contributed by atoms with E-state index >= 15 is 0 Å². The number of nitrogens with zero attached hydrogens (tertiary/aromatic N) is 3. The average Bonchev–Trinajstić information content (AvgIpc) is 2.81. The molecular weight excluding hydrogens is 528 g/mol. The molecular formula is C27H31F2N5O4S. The molecule has 9 nitrogen and oxygen atoms in total. The number of hydrogen-bond acceptors (Lipinski definition) is 8. The van der Waals surface area contributed by atoms with Crippen molar-refractivity contribution in [2.45, 2.75) is 45.0 Å². The molecule has 1 aliphatic heterocycles.